The number of ether oxygens (including phenoxy) is 2. The molecule has 1 N–H and O–H groups in total. The topological polar surface area (TPSA) is 59.0 Å². The summed E-state index contributed by atoms with van der Waals surface area (Å²) in [5.41, 5.74) is -0.379. The number of piperidine rings is 1. The van der Waals surface area contributed by atoms with E-state index in [9.17, 15) is 9.90 Å². The van der Waals surface area contributed by atoms with Crippen molar-refractivity contribution in [2.75, 3.05) is 20.6 Å². The van der Waals surface area contributed by atoms with Crippen LogP contribution < -0.4 is 9.47 Å². The summed E-state index contributed by atoms with van der Waals surface area (Å²) in [4.78, 5) is 14.2. The van der Waals surface area contributed by atoms with Gasteiger partial charge in [0.05, 0.1) is 18.1 Å². The highest BCUT2D eigenvalue weighted by atomic mass is 16.5. The Labute approximate surface area is 139 Å². The monoisotopic (exact) mass is 318 g/mol. The predicted molar refractivity (Wildman–Crippen MR) is 83.0 cm³/mol. The molecule has 2 aliphatic carbocycles. The minimum atomic E-state index is -2.29. The van der Waals surface area contributed by atoms with Gasteiger partial charge in [-0.3, -0.25) is 4.79 Å². The fourth-order valence-electron chi connectivity index (χ4n) is 5.48. The number of hydrogen-bond acceptors (Lipinski definition) is 5. The molecule has 0 unspecified atom stereocenters. The molecule has 1 saturated carbocycles. The summed E-state index contributed by atoms with van der Waals surface area (Å²) in [7, 11) is 1.55. The molecule has 0 amide bonds. The zero-order valence-electron chi connectivity index (χ0n) is 16.0. The lowest BCUT2D eigenvalue weighted by Gasteiger charge is -2.62. The number of likely N-dealkylation sites (N-methyl/N-ethyl adjacent to an activating group) is 1. The highest BCUT2D eigenvalue weighted by Gasteiger charge is 2.72. The van der Waals surface area contributed by atoms with Crippen LogP contribution in [0, 0.1) is 0 Å². The van der Waals surface area contributed by atoms with E-state index in [0.717, 1.165) is 11.1 Å². The smallest absolute Gasteiger partial charge is 0.174 e. The minimum Gasteiger partial charge on any atom is -0.493 e. The summed E-state index contributed by atoms with van der Waals surface area (Å²) in [6, 6.07) is 3.15. The quantitative estimate of drug-likeness (QED) is 0.839. The van der Waals surface area contributed by atoms with Gasteiger partial charge in [-0.25, -0.2) is 0 Å². The van der Waals surface area contributed by atoms with E-state index in [1.165, 1.54) is 4.90 Å². The predicted octanol–water partition coefficient (Wildman–Crippen LogP) is 1.05. The maximum Gasteiger partial charge on any atom is 0.174 e. The maximum absolute atomic E-state index is 12.7. The summed E-state index contributed by atoms with van der Waals surface area (Å²) in [6.45, 7) is -1.99. The number of likely N-dealkylation sites (tertiary alicyclic amines) is 1. The average molecular weight is 318 g/mol. The molecule has 5 nitrogen and oxygen atoms in total. The van der Waals surface area contributed by atoms with Crippen LogP contribution in [0.1, 0.15) is 34.5 Å². The molecule has 23 heavy (non-hydrogen) atoms. The Bertz CT molecular complexity index is 825. The van der Waals surface area contributed by atoms with Crippen LogP contribution in [-0.2, 0) is 16.6 Å². The van der Waals surface area contributed by atoms with Gasteiger partial charge in [-0.1, -0.05) is 6.07 Å². The first-order valence-corrected chi connectivity index (χ1v) is 8.13. The zero-order valence-corrected chi connectivity index (χ0v) is 13.0. The molecule has 5 rings (SSSR count). The Balaban J connectivity index is 1.80. The Morgan fingerprint density at radius 1 is 1.48 bits per heavy atom. The summed E-state index contributed by atoms with van der Waals surface area (Å²) in [6.07, 6.45) is 0.488. The lowest BCUT2D eigenvalue weighted by molar-refractivity contribution is -0.185. The van der Waals surface area contributed by atoms with Gasteiger partial charge >= 0.3 is 0 Å². The third kappa shape index (κ3) is 1.32. The van der Waals surface area contributed by atoms with Crippen molar-refractivity contribution in [1.82, 2.24) is 4.90 Å². The second kappa shape index (κ2) is 4.08. The molecule has 0 radical (unpaired) electrons. The lowest BCUT2D eigenvalue weighted by Crippen LogP contribution is -2.76. The molecular weight excluding hydrogens is 294 g/mol. The van der Waals surface area contributed by atoms with Crippen molar-refractivity contribution in [1.29, 1.82) is 0 Å². The molecule has 5 heteroatoms. The van der Waals surface area contributed by atoms with E-state index in [-0.39, 0.29) is 18.6 Å². The van der Waals surface area contributed by atoms with Crippen molar-refractivity contribution in [3.8, 4) is 11.5 Å². The van der Waals surface area contributed by atoms with Crippen molar-refractivity contribution in [3.63, 3.8) is 0 Å². The van der Waals surface area contributed by atoms with Gasteiger partial charge in [0, 0.05) is 22.1 Å². The number of benzene rings is 1. The van der Waals surface area contributed by atoms with Gasteiger partial charge < -0.3 is 19.5 Å². The first-order valence-electron chi connectivity index (χ1n) is 9.63. The second-order valence-corrected chi connectivity index (χ2v) is 7.15. The summed E-state index contributed by atoms with van der Waals surface area (Å²) < 4.78 is 35.3. The van der Waals surface area contributed by atoms with Crippen LogP contribution in [0.25, 0.3) is 0 Å². The molecule has 1 aromatic carbocycles. The van der Waals surface area contributed by atoms with E-state index in [1.807, 2.05) is 6.07 Å². The van der Waals surface area contributed by atoms with E-state index in [1.54, 1.807) is 13.2 Å². The van der Waals surface area contributed by atoms with Gasteiger partial charge in [-0.15, -0.1) is 0 Å². The normalized spacial score (nSPS) is 43.0. The fraction of sp³-hybridized carbons (Fsp3) is 0.611. The Hall–Kier alpha value is -1.59. The van der Waals surface area contributed by atoms with Crippen LogP contribution in [0.4, 0.5) is 0 Å². The number of nitrogens with zero attached hydrogens (tertiary/aromatic N) is 1. The third-order valence-corrected chi connectivity index (χ3v) is 6.46. The summed E-state index contributed by atoms with van der Waals surface area (Å²) in [5, 5.41) is 11.9. The third-order valence-electron chi connectivity index (χ3n) is 6.46. The Morgan fingerprint density at radius 2 is 2.35 bits per heavy atom. The summed E-state index contributed by atoms with van der Waals surface area (Å²) >= 11 is 0. The largest absolute Gasteiger partial charge is 0.493 e. The maximum atomic E-state index is 12.7. The number of aliphatic hydroxyl groups is 1. The second-order valence-electron chi connectivity index (χ2n) is 7.15. The van der Waals surface area contributed by atoms with Crippen molar-refractivity contribution in [2.24, 2.45) is 0 Å². The lowest BCUT2D eigenvalue weighted by atomic mass is 9.49. The van der Waals surface area contributed by atoms with Crippen molar-refractivity contribution < 1.29 is 23.5 Å². The first-order chi connectivity index (χ1) is 12.2. The van der Waals surface area contributed by atoms with Crippen LogP contribution in [0.5, 0.6) is 11.5 Å². The molecule has 122 valence electrons. The van der Waals surface area contributed by atoms with Gasteiger partial charge in [0.1, 0.15) is 0 Å². The number of ketones is 1. The Morgan fingerprint density at radius 3 is 3.13 bits per heavy atom. The van der Waals surface area contributed by atoms with Crippen LogP contribution in [0.3, 0.4) is 0 Å². The number of carbonyl (C=O) groups excluding carboxylic acids is 1. The van der Waals surface area contributed by atoms with Crippen LogP contribution in [0.2, 0.25) is 0 Å². The van der Waals surface area contributed by atoms with Crippen LogP contribution in [-0.4, -0.2) is 54.2 Å². The minimum absolute atomic E-state index is 0.0261. The first kappa shape index (κ1) is 11.0. The van der Waals surface area contributed by atoms with Gasteiger partial charge in [-0.05, 0) is 44.4 Å². The zero-order chi connectivity index (χ0) is 18.5. The number of hydrogen-bond donors (Lipinski definition) is 1. The SMILES string of the molecule is [2H]C([2H])([2H])N1CC[C@]23c4c5ccc(OC)c4O[C@H]2C(=O)CC[C@@]3(O)[C@@H]1C5. The molecule has 1 saturated heterocycles. The Kier molecular flexibility index (Phi) is 1.96. The summed E-state index contributed by atoms with van der Waals surface area (Å²) in [5.74, 6) is 1.07. The van der Waals surface area contributed by atoms with Gasteiger partial charge in [0.25, 0.3) is 0 Å². The molecule has 2 bridgehead atoms. The van der Waals surface area contributed by atoms with Gasteiger partial charge in [-0.2, -0.15) is 0 Å². The molecule has 1 aromatic rings. The van der Waals surface area contributed by atoms with Crippen molar-refractivity contribution >= 4 is 5.78 Å². The van der Waals surface area contributed by atoms with E-state index in [2.05, 4.69) is 0 Å². The molecule has 2 heterocycles. The molecular formula is C18H21NO4. The van der Waals surface area contributed by atoms with Crippen LogP contribution >= 0.6 is 0 Å². The van der Waals surface area contributed by atoms with Crippen molar-refractivity contribution in [2.45, 2.75) is 48.8 Å². The molecule has 2 fully saturated rings. The fourth-order valence-corrected chi connectivity index (χ4v) is 5.48. The number of Topliss-reactive ketones (excluding diaryl/α,β-unsaturated/α-hetero) is 1. The standard InChI is InChI=1S/C18H21NO4/c1-19-8-7-17-14-10-3-4-12(22-2)15(14)23-16(17)11(20)5-6-18(17,21)13(19)9-10/h3-4,13,16,21H,5-9H2,1-2H3/t13-,16-,17-,18+/m0/s1/i1D3. The average Bonchev–Trinajstić information content (AvgIpc) is 2.92. The van der Waals surface area contributed by atoms with E-state index in [0.29, 0.717) is 30.9 Å². The number of carbonyl (C=O) groups is 1. The van der Waals surface area contributed by atoms with Crippen LogP contribution in [0.15, 0.2) is 12.1 Å². The van der Waals surface area contributed by atoms with E-state index in [4.69, 9.17) is 13.6 Å². The molecule has 4 atom stereocenters. The number of methoxy groups -OCH3 is 1. The molecule has 1 spiro atoms. The van der Waals surface area contributed by atoms with E-state index >= 15 is 0 Å². The molecule has 0 aromatic heterocycles. The number of rotatable bonds is 1. The molecule has 2 aliphatic heterocycles. The van der Waals surface area contributed by atoms with Gasteiger partial charge in [0.15, 0.2) is 23.4 Å². The highest BCUT2D eigenvalue weighted by molar-refractivity contribution is 5.90. The van der Waals surface area contributed by atoms with E-state index < -0.39 is 30.1 Å². The van der Waals surface area contributed by atoms with Crippen molar-refractivity contribution in [3.05, 3.63) is 23.3 Å². The molecule has 4 aliphatic rings. The highest BCUT2D eigenvalue weighted by Crippen LogP contribution is 2.64. The van der Waals surface area contributed by atoms with Gasteiger partial charge in [0.2, 0.25) is 0 Å².